The average Bonchev–Trinajstić information content (AvgIpc) is 2.86. The number of piperidine rings is 1. The van der Waals surface area contributed by atoms with Crippen LogP contribution < -0.4 is 5.32 Å². The van der Waals surface area contributed by atoms with E-state index in [1.807, 2.05) is 16.7 Å². The van der Waals surface area contributed by atoms with Crippen LogP contribution >= 0.6 is 0 Å². The number of halogens is 3. The Morgan fingerprint density at radius 1 is 1.13 bits per heavy atom. The molecular formula is C24H38F3N5O5S. The summed E-state index contributed by atoms with van der Waals surface area (Å²) in [5.74, 6) is 0.112. The van der Waals surface area contributed by atoms with Crippen molar-refractivity contribution in [3.8, 4) is 0 Å². The van der Waals surface area contributed by atoms with Gasteiger partial charge in [-0.1, -0.05) is 20.8 Å². The van der Waals surface area contributed by atoms with E-state index in [2.05, 4.69) is 5.32 Å². The van der Waals surface area contributed by atoms with Crippen LogP contribution in [0.15, 0.2) is 18.2 Å². The fraction of sp³-hybridized carbons (Fsp3) is 0.708. The summed E-state index contributed by atoms with van der Waals surface area (Å²) in [6.45, 7) is 5.34. The van der Waals surface area contributed by atoms with Gasteiger partial charge in [-0.15, -0.1) is 0 Å². The van der Waals surface area contributed by atoms with Crippen LogP contribution in [0.1, 0.15) is 52.0 Å². The number of anilines is 1. The number of nitro benzene ring substituents is 1. The van der Waals surface area contributed by atoms with Gasteiger partial charge < -0.3 is 10.2 Å². The number of alkyl halides is 3. The van der Waals surface area contributed by atoms with Crippen molar-refractivity contribution < 1.29 is 31.3 Å². The van der Waals surface area contributed by atoms with Crippen molar-refractivity contribution in [3.05, 3.63) is 33.9 Å². The van der Waals surface area contributed by atoms with Gasteiger partial charge in [-0.05, 0) is 31.4 Å². The highest BCUT2D eigenvalue weighted by Crippen LogP contribution is 2.38. The van der Waals surface area contributed by atoms with E-state index in [0.29, 0.717) is 52.0 Å². The molecule has 2 aliphatic rings. The molecule has 2 heterocycles. The minimum absolute atomic E-state index is 0. The Hall–Kier alpha value is -2.45. The Morgan fingerprint density at radius 3 is 2.32 bits per heavy atom. The van der Waals surface area contributed by atoms with E-state index in [1.165, 1.54) is 10.4 Å². The molecule has 1 amide bonds. The second kappa shape index (κ2) is 13.6. The number of nitrogens with zero attached hydrogens (tertiary/aromatic N) is 4. The van der Waals surface area contributed by atoms with Gasteiger partial charge in [-0.2, -0.15) is 13.2 Å². The fourth-order valence-corrected chi connectivity index (χ4v) is 6.12. The van der Waals surface area contributed by atoms with Crippen LogP contribution in [-0.4, -0.2) is 91.0 Å². The van der Waals surface area contributed by atoms with Crippen molar-refractivity contribution in [2.75, 3.05) is 56.9 Å². The molecule has 1 N–H and O–H groups in total. The number of unbranched alkanes of at least 4 members (excludes halogenated alkanes) is 1. The van der Waals surface area contributed by atoms with Crippen LogP contribution in [0, 0.1) is 10.1 Å². The number of rotatable bonds is 10. The van der Waals surface area contributed by atoms with E-state index >= 15 is 0 Å². The largest absolute Gasteiger partial charge is 0.423 e. The molecule has 2 aliphatic heterocycles. The van der Waals surface area contributed by atoms with Gasteiger partial charge in [0.05, 0.1) is 10.7 Å². The summed E-state index contributed by atoms with van der Waals surface area (Å²) in [5, 5.41) is 13.9. The molecule has 2 fully saturated rings. The molecule has 0 radical (unpaired) electrons. The van der Waals surface area contributed by atoms with Crippen molar-refractivity contribution in [1.82, 2.24) is 14.1 Å². The minimum atomic E-state index is -4.87. The van der Waals surface area contributed by atoms with Crippen LogP contribution in [0.3, 0.4) is 0 Å². The van der Waals surface area contributed by atoms with Crippen LogP contribution in [0.4, 0.5) is 24.5 Å². The molecule has 0 aliphatic carbocycles. The molecule has 38 heavy (non-hydrogen) atoms. The number of carbonyl (C=O) groups excluding carboxylic acids is 1. The zero-order valence-corrected chi connectivity index (χ0v) is 21.7. The monoisotopic (exact) mass is 565 g/mol. The van der Waals surface area contributed by atoms with E-state index in [4.69, 9.17) is 0 Å². The van der Waals surface area contributed by atoms with E-state index in [-0.39, 0.29) is 43.9 Å². The molecule has 0 atom stereocenters. The van der Waals surface area contributed by atoms with Crippen LogP contribution in [0.25, 0.3) is 0 Å². The molecule has 1 aromatic carbocycles. The lowest BCUT2D eigenvalue weighted by Gasteiger charge is -2.36. The molecule has 2 saturated heterocycles. The Kier molecular flexibility index (Phi) is 11.3. The highest BCUT2D eigenvalue weighted by Gasteiger charge is 2.38. The van der Waals surface area contributed by atoms with Gasteiger partial charge in [0.1, 0.15) is 5.56 Å². The summed E-state index contributed by atoms with van der Waals surface area (Å²) < 4.78 is 66.8. The summed E-state index contributed by atoms with van der Waals surface area (Å²) in [4.78, 5) is 25.9. The Bertz CT molecular complexity index is 1050. The second-order valence-corrected chi connectivity index (χ2v) is 11.5. The van der Waals surface area contributed by atoms with E-state index in [9.17, 15) is 36.5 Å². The lowest BCUT2D eigenvalue weighted by Crippen LogP contribution is -2.50. The standard InChI is InChI=1S/C23H34F3N5O5S.CH4/c1-2-3-4-22(32)29-13-11-28(12-14-29)15-16-37(35,36)30-9-7-18(8-10-30)27-19-5-6-21(31(33)34)20(17-19)23(24,25)26;/h5-6,17-18,27H,2-4,7-16H2,1H3;1H4. The maximum absolute atomic E-state index is 13.2. The number of piperazine rings is 1. The smallest absolute Gasteiger partial charge is 0.382 e. The number of nitrogens with one attached hydrogen (secondary N) is 1. The van der Waals surface area contributed by atoms with E-state index < -0.39 is 32.4 Å². The molecule has 1 aromatic rings. The van der Waals surface area contributed by atoms with Gasteiger partial charge in [-0.3, -0.25) is 19.8 Å². The van der Waals surface area contributed by atoms with Crippen LogP contribution in [0.5, 0.6) is 0 Å². The predicted octanol–water partition coefficient (Wildman–Crippen LogP) is 3.79. The number of nitro groups is 1. The summed E-state index contributed by atoms with van der Waals surface area (Å²) in [6, 6.07) is 2.52. The normalized spacial score (nSPS) is 18.2. The molecular weight excluding hydrogens is 527 g/mol. The molecule has 0 spiro atoms. The molecule has 0 unspecified atom stereocenters. The number of amides is 1. The Morgan fingerprint density at radius 2 is 1.76 bits per heavy atom. The van der Waals surface area contributed by atoms with Gasteiger partial charge in [0.15, 0.2) is 0 Å². The minimum Gasteiger partial charge on any atom is -0.382 e. The first-order valence-corrected chi connectivity index (χ1v) is 14.1. The first kappa shape index (κ1) is 31.8. The van der Waals surface area contributed by atoms with Crippen molar-refractivity contribution in [1.29, 1.82) is 0 Å². The quantitative estimate of drug-likeness (QED) is 0.339. The van der Waals surface area contributed by atoms with E-state index in [1.54, 1.807) is 0 Å². The maximum atomic E-state index is 13.2. The summed E-state index contributed by atoms with van der Waals surface area (Å²) >= 11 is 0. The number of sulfonamides is 1. The fourth-order valence-electron chi connectivity index (χ4n) is 4.61. The Labute approximate surface area is 222 Å². The Balaban J connectivity index is 0.00000507. The summed E-state index contributed by atoms with van der Waals surface area (Å²) in [6.07, 6.45) is -1.69. The third kappa shape index (κ3) is 8.53. The third-order valence-corrected chi connectivity index (χ3v) is 8.70. The zero-order valence-electron chi connectivity index (χ0n) is 20.9. The van der Waals surface area contributed by atoms with E-state index in [0.717, 1.165) is 25.0 Å². The lowest BCUT2D eigenvalue weighted by atomic mass is 10.1. The van der Waals surface area contributed by atoms with Crippen molar-refractivity contribution in [3.63, 3.8) is 0 Å². The zero-order chi connectivity index (χ0) is 27.2. The molecule has 0 aromatic heterocycles. The predicted molar refractivity (Wildman–Crippen MR) is 139 cm³/mol. The number of benzene rings is 1. The van der Waals surface area contributed by atoms with Gasteiger partial charge in [0, 0.05) is 70.0 Å². The van der Waals surface area contributed by atoms with Crippen molar-refractivity contribution in [2.24, 2.45) is 0 Å². The molecule has 3 rings (SSSR count). The highest BCUT2D eigenvalue weighted by atomic mass is 32.2. The summed E-state index contributed by atoms with van der Waals surface area (Å²) in [5.41, 5.74) is -2.23. The number of hydrogen-bond donors (Lipinski definition) is 1. The molecule has 0 saturated carbocycles. The SMILES string of the molecule is C.CCCCC(=O)N1CCN(CCS(=O)(=O)N2CCC(Nc3ccc([N+](=O)[O-])c(C(F)(F)F)c3)CC2)CC1. The second-order valence-electron chi connectivity index (χ2n) is 9.45. The van der Waals surface area contributed by atoms with Crippen LogP contribution in [0.2, 0.25) is 0 Å². The first-order chi connectivity index (χ1) is 17.4. The molecule has 216 valence electrons. The highest BCUT2D eigenvalue weighted by molar-refractivity contribution is 7.89. The topological polar surface area (TPSA) is 116 Å². The number of hydrogen-bond acceptors (Lipinski definition) is 7. The molecule has 0 bridgehead atoms. The first-order valence-electron chi connectivity index (χ1n) is 12.5. The van der Waals surface area contributed by atoms with Gasteiger partial charge >= 0.3 is 6.18 Å². The van der Waals surface area contributed by atoms with Crippen LogP contribution in [-0.2, 0) is 21.0 Å². The molecule has 14 heteroatoms. The van der Waals surface area contributed by atoms with Gasteiger partial charge in [0.25, 0.3) is 5.69 Å². The maximum Gasteiger partial charge on any atom is 0.423 e. The van der Waals surface area contributed by atoms with Crippen molar-refractivity contribution in [2.45, 2.75) is 58.7 Å². The number of carbonyl (C=O) groups is 1. The van der Waals surface area contributed by atoms with Crippen molar-refractivity contribution >= 4 is 27.3 Å². The lowest BCUT2D eigenvalue weighted by molar-refractivity contribution is -0.388. The molecule has 10 nitrogen and oxygen atoms in total. The summed E-state index contributed by atoms with van der Waals surface area (Å²) in [7, 11) is -3.50. The van der Waals surface area contributed by atoms with Gasteiger partial charge in [-0.25, -0.2) is 12.7 Å². The van der Waals surface area contributed by atoms with Gasteiger partial charge in [0.2, 0.25) is 15.9 Å². The third-order valence-electron chi connectivity index (χ3n) is 6.85. The average molecular weight is 566 g/mol.